The maximum Gasteiger partial charge on any atom is 0.261 e. The van der Waals surface area contributed by atoms with E-state index in [-0.39, 0.29) is 11.9 Å². The van der Waals surface area contributed by atoms with Crippen LogP contribution in [0.3, 0.4) is 0 Å². The zero-order valence-electron chi connectivity index (χ0n) is 13.5. The first kappa shape index (κ1) is 18.9. The molecule has 1 fully saturated rings. The molecule has 136 valence electrons. The van der Waals surface area contributed by atoms with E-state index in [9.17, 15) is 12.8 Å². The van der Waals surface area contributed by atoms with Crippen LogP contribution >= 0.6 is 0 Å². The Morgan fingerprint density at radius 2 is 2.17 bits per heavy atom. The third-order valence-corrected chi connectivity index (χ3v) is 3.50. The Hall–Kier alpha value is -1.42. The van der Waals surface area contributed by atoms with E-state index in [0.717, 1.165) is 43.7 Å². The van der Waals surface area contributed by atoms with E-state index in [2.05, 4.69) is 10.6 Å². The second-order valence-corrected chi connectivity index (χ2v) is 7.18. The van der Waals surface area contributed by atoms with Crippen LogP contribution in [-0.2, 0) is 21.3 Å². The van der Waals surface area contributed by atoms with Gasteiger partial charge in [0.1, 0.15) is 24.3 Å². The van der Waals surface area contributed by atoms with E-state index >= 15 is 0 Å². The zero-order valence-corrected chi connectivity index (χ0v) is 14.4. The van der Waals surface area contributed by atoms with Gasteiger partial charge in [0.15, 0.2) is 0 Å². The van der Waals surface area contributed by atoms with E-state index < -0.39 is 10.1 Å². The van der Waals surface area contributed by atoms with Crippen LogP contribution in [0.2, 0.25) is 0 Å². The second kappa shape index (κ2) is 8.61. The fourth-order valence-corrected chi connectivity index (χ4v) is 2.55. The summed E-state index contributed by atoms with van der Waals surface area (Å²) in [5.41, 5.74) is 1.94. The lowest BCUT2D eigenvalue weighted by molar-refractivity contribution is 0.000263. The van der Waals surface area contributed by atoms with Crippen molar-refractivity contribution in [2.45, 2.75) is 18.9 Å². The van der Waals surface area contributed by atoms with Crippen LogP contribution in [0.25, 0.3) is 0 Å². The van der Waals surface area contributed by atoms with Crippen molar-refractivity contribution in [3.63, 3.8) is 0 Å². The molecule has 0 saturated carbocycles. The van der Waals surface area contributed by atoms with Gasteiger partial charge in [-0.15, -0.1) is 0 Å². The summed E-state index contributed by atoms with van der Waals surface area (Å²) in [7, 11) is -3.67. The summed E-state index contributed by atoms with van der Waals surface area (Å²) in [6.45, 7) is 3.73. The quantitative estimate of drug-likeness (QED) is 0.692. The topological polar surface area (TPSA) is 96.9 Å². The Balaban J connectivity index is 0.000000368. The molecule has 0 bridgehead atoms. The summed E-state index contributed by atoms with van der Waals surface area (Å²) in [6, 6.07) is 3.04. The summed E-state index contributed by atoms with van der Waals surface area (Å²) in [4.78, 5) is 0. The molecule has 2 heterocycles. The van der Waals surface area contributed by atoms with Gasteiger partial charge in [-0.05, 0) is 24.5 Å². The lowest BCUT2D eigenvalue weighted by atomic mass is 10.0. The molecule has 0 spiro atoms. The number of benzene rings is 1. The normalized spacial score (nSPS) is 20.2. The van der Waals surface area contributed by atoms with Crippen molar-refractivity contribution in [3.8, 4) is 5.75 Å². The maximum atomic E-state index is 13.6. The van der Waals surface area contributed by atoms with Crippen LogP contribution in [-0.4, -0.2) is 58.2 Å². The summed E-state index contributed by atoms with van der Waals surface area (Å²) >= 11 is 0. The van der Waals surface area contributed by atoms with Gasteiger partial charge in [0.05, 0.1) is 18.6 Å². The average Bonchev–Trinajstić information content (AvgIpc) is 2.52. The third-order valence-electron chi connectivity index (χ3n) is 3.50. The van der Waals surface area contributed by atoms with E-state index in [4.69, 9.17) is 14.0 Å². The summed E-state index contributed by atoms with van der Waals surface area (Å²) in [6.07, 6.45) is 2.69. The van der Waals surface area contributed by atoms with Gasteiger partial charge in [-0.3, -0.25) is 4.55 Å². The molecule has 3 N–H and O–H groups in total. The van der Waals surface area contributed by atoms with Gasteiger partial charge in [-0.2, -0.15) is 8.42 Å². The van der Waals surface area contributed by atoms with Crippen LogP contribution < -0.4 is 15.4 Å². The minimum absolute atomic E-state index is 0.0382. The van der Waals surface area contributed by atoms with Gasteiger partial charge in [0, 0.05) is 25.7 Å². The first-order valence-electron chi connectivity index (χ1n) is 7.77. The summed E-state index contributed by atoms with van der Waals surface area (Å²) in [5.74, 6) is 0.365. The molecule has 0 aromatic heterocycles. The standard InChI is InChI=1S/C14H19FN2O2.CH4O3S/c15-11-6-10-2-1-3-17-14(10)13(7-11)19-9-12-8-16-4-5-18-12;1-5(2,3)4/h6-7,12,16-17H,1-5,8-9H2;1H3,(H,2,3,4)/t12-;/m0./s1. The predicted molar refractivity (Wildman–Crippen MR) is 88.8 cm³/mol. The number of hydrogen-bond acceptors (Lipinski definition) is 6. The van der Waals surface area contributed by atoms with Gasteiger partial charge >= 0.3 is 0 Å². The van der Waals surface area contributed by atoms with Crippen molar-refractivity contribution in [1.29, 1.82) is 0 Å². The first-order chi connectivity index (χ1) is 11.3. The van der Waals surface area contributed by atoms with Crippen molar-refractivity contribution in [2.75, 3.05) is 44.4 Å². The number of anilines is 1. The van der Waals surface area contributed by atoms with Crippen molar-refractivity contribution < 1.29 is 26.8 Å². The first-order valence-corrected chi connectivity index (χ1v) is 9.61. The molecule has 0 unspecified atom stereocenters. The van der Waals surface area contributed by atoms with E-state index in [1.54, 1.807) is 6.07 Å². The van der Waals surface area contributed by atoms with E-state index in [1.807, 2.05) is 0 Å². The number of ether oxygens (including phenoxy) is 2. The van der Waals surface area contributed by atoms with Crippen molar-refractivity contribution >= 4 is 15.8 Å². The number of halogens is 1. The van der Waals surface area contributed by atoms with Crippen molar-refractivity contribution in [2.24, 2.45) is 0 Å². The minimum atomic E-state index is -3.67. The highest BCUT2D eigenvalue weighted by Gasteiger charge is 2.18. The molecule has 9 heteroatoms. The molecule has 0 amide bonds. The van der Waals surface area contributed by atoms with Crippen LogP contribution in [0.4, 0.5) is 10.1 Å². The highest BCUT2D eigenvalue weighted by Crippen LogP contribution is 2.33. The maximum absolute atomic E-state index is 13.6. The third kappa shape index (κ3) is 6.60. The van der Waals surface area contributed by atoms with E-state index in [1.165, 1.54) is 6.07 Å². The van der Waals surface area contributed by atoms with Gasteiger partial charge in [0.2, 0.25) is 0 Å². The van der Waals surface area contributed by atoms with Crippen LogP contribution in [0.5, 0.6) is 5.75 Å². The molecule has 0 radical (unpaired) electrons. The Bertz CT molecular complexity index is 640. The van der Waals surface area contributed by atoms with Gasteiger partial charge in [0.25, 0.3) is 10.1 Å². The highest BCUT2D eigenvalue weighted by molar-refractivity contribution is 7.85. The fraction of sp³-hybridized carbons (Fsp3) is 0.600. The largest absolute Gasteiger partial charge is 0.489 e. The van der Waals surface area contributed by atoms with Crippen LogP contribution in [0, 0.1) is 5.82 Å². The van der Waals surface area contributed by atoms with Crippen molar-refractivity contribution in [3.05, 3.63) is 23.5 Å². The average molecular weight is 362 g/mol. The molecule has 1 aromatic rings. The highest BCUT2D eigenvalue weighted by atomic mass is 32.2. The molecule has 2 aliphatic rings. The molecule has 1 atom stereocenters. The van der Waals surface area contributed by atoms with Gasteiger partial charge in [-0.25, -0.2) is 4.39 Å². The minimum Gasteiger partial charge on any atom is -0.489 e. The smallest absolute Gasteiger partial charge is 0.261 e. The molecule has 1 saturated heterocycles. The monoisotopic (exact) mass is 362 g/mol. The molecule has 2 aliphatic heterocycles. The summed E-state index contributed by atoms with van der Waals surface area (Å²) in [5, 5.41) is 6.55. The lowest BCUT2D eigenvalue weighted by Crippen LogP contribution is -2.41. The van der Waals surface area contributed by atoms with Gasteiger partial charge < -0.3 is 20.1 Å². The number of hydrogen-bond donors (Lipinski definition) is 3. The Labute approximate surface area is 141 Å². The SMILES string of the molecule is CS(=O)(=O)O.Fc1cc2c(c(OC[C@@H]3CNCCO3)c1)NCCC2. The van der Waals surface area contributed by atoms with Crippen molar-refractivity contribution in [1.82, 2.24) is 5.32 Å². The molecule has 0 aliphatic carbocycles. The Kier molecular flexibility index (Phi) is 6.79. The number of aryl methyl sites for hydroxylation is 1. The Morgan fingerprint density at radius 3 is 2.83 bits per heavy atom. The van der Waals surface area contributed by atoms with E-state index in [0.29, 0.717) is 25.2 Å². The molecule has 3 rings (SSSR count). The number of rotatable bonds is 3. The van der Waals surface area contributed by atoms with Crippen LogP contribution in [0.1, 0.15) is 12.0 Å². The number of nitrogens with one attached hydrogen (secondary N) is 2. The van der Waals surface area contributed by atoms with Crippen LogP contribution in [0.15, 0.2) is 12.1 Å². The number of fused-ring (bicyclic) bond motifs is 1. The van der Waals surface area contributed by atoms with Gasteiger partial charge in [-0.1, -0.05) is 0 Å². The summed E-state index contributed by atoms with van der Waals surface area (Å²) < 4.78 is 50.8. The molecular formula is C15H23FN2O5S. The Morgan fingerprint density at radius 1 is 1.42 bits per heavy atom. The number of morpholine rings is 1. The zero-order chi connectivity index (χ0) is 17.6. The second-order valence-electron chi connectivity index (χ2n) is 5.71. The lowest BCUT2D eigenvalue weighted by Gasteiger charge is -2.26. The molecular weight excluding hydrogens is 339 g/mol. The molecule has 1 aromatic carbocycles. The molecule has 7 nitrogen and oxygen atoms in total. The predicted octanol–water partition coefficient (Wildman–Crippen LogP) is 1.05. The molecule has 24 heavy (non-hydrogen) atoms. The fourth-order valence-electron chi connectivity index (χ4n) is 2.55.